The molecule has 40 heavy (non-hydrogen) atoms. The number of carboxylic acid groups (broad SMARTS) is 1. The molecule has 2 aliphatic rings. The first kappa shape index (κ1) is 27.4. The van der Waals surface area contributed by atoms with Crippen LogP contribution in [0.15, 0.2) is 78.9 Å². The molecule has 0 bridgehead atoms. The predicted molar refractivity (Wildman–Crippen MR) is 150 cm³/mol. The number of hydrogen-bond acceptors (Lipinski definition) is 5. The molecule has 0 spiro atoms. The van der Waals surface area contributed by atoms with E-state index < -0.39 is 30.1 Å². The molecule has 1 saturated heterocycles. The molecule has 3 aromatic rings. The first-order valence-corrected chi connectivity index (χ1v) is 13.7. The normalized spacial score (nSPS) is 17.8. The van der Waals surface area contributed by atoms with Gasteiger partial charge in [0.2, 0.25) is 5.91 Å². The number of likely N-dealkylation sites (tertiary alicyclic amines) is 1. The zero-order chi connectivity index (χ0) is 28.1. The molecule has 2 N–H and O–H groups in total. The number of carbonyl (C=O) groups excluding carboxylic acids is 2. The van der Waals surface area contributed by atoms with Crippen molar-refractivity contribution in [3.63, 3.8) is 0 Å². The maximum Gasteiger partial charge on any atom is 0.407 e. The smallest absolute Gasteiger partial charge is 0.407 e. The zero-order valence-electron chi connectivity index (χ0n) is 22.5. The Labute approximate surface area is 233 Å². The fourth-order valence-electron chi connectivity index (χ4n) is 5.62. The molecular weight excluding hydrogens is 508 g/mol. The number of alkyl carbamates (subject to hydrolysis) is 1. The van der Waals surface area contributed by atoms with Gasteiger partial charge in [0.1, 0.15) is 12.6 Å². The number of fused-ring (bicyclic) bond motifs is 3. The van der Waals surface area contributed by atoms with Crippen molar-refractivity contribution in [3.05, 3.63) is 95.6 Å². The Balaban J connectivity index is 1.28. The number of benzene rings is 3. The SMILES string of the molecule is CC(OCc1ccccc1)C(NC(=O)OCC1c2ccccc2-c2ccccc21)C(=O)N1CCC[C@H](C(=O)O)C1. The van der Waals surface area contributed by atoms with Crippen molar-refractivity contribution < 1.29 is 29.0 Å². The van der Waals surface area contributed by atoms with E-state index in [1.54, 1.807) is 6.92 Å². The van der Waals surface area contributed by atoms with Crippen molar-refractivity contribution in [1.82, 2.24) is 10.2 Å². The van der Waals surface area contributed by atoms with Crippen molar-refractivity contribution in [1.29, 1.82) is 0 Å². The van der Waals surface area contributed by atoms with Gasteiger partial charge < -0.3 is 24.8 Å². The van der Waals surface area contributed by atoms with Crippen LogP contribution in [0.1, 0.15) is 42.4 Å². The lowest BCUT2D eigenvalue weighted by molar-refractivity contribution is -0.147. The van der Waals surface area contributed by atoms with Crippen LogP contribution in [0.25, 0.3) is 11.1 Å². The topological polar surface area (TPSA) is 105 Å². The number of nitrogens with zero attached hydrogens (tertiary/aromatic N) is 1. The second-order valence-electron chi connectivity index (χ2n) is 10.4. The Hall–Kier alpha value is -4.17. The molecule has 8 nitrogen and oxygen atoms in total. The predicted octanol–water partition coefficient (Wildman–Crippen LogP) is 4.82. The van der Waals surface area contributed by atoms with E-state index >= 15 is 0 Å². The minimum atomic E-state index is -1.04. The van der Waals surface area contributed by atoms with Gasteiger partial charge in [-0.05, 0) is 47.6 Å². The van der Waals surface area contributed by atoms with Gasteiger partial charge in [0.25, 0.3) is 0 Å². The highest BCUT2D eigenvalue weighted by molar-refractivity contribution is 5.87. The Morgan fingerprint density at radius 1 is 0.950 bits per heavy atom. The molecule has 2 amide bonds. The summed E-state index contributed by atoms with van der Waals surface area (Å²) in [5.41, 5.74) is 5.38. The minimum Gasteiger partial charge on any atom is -0.481 e. The zero-order valence-corrected chi connectivity index (χ0v) is 22.5. The number of aliphatic carboxylic acids is 1. The summed E-state index contributed by atoms with van der Waals surface area (Å²) in [5, 5.41) is 12.2. The quantitative estimate of drug-likeness (QED) is 0.402. The van der Waals surface area contributed by atoms with Crippen molar-refractivity contribution in [2.24, 2.45) is 5.92 Å². The molecule has 1 fully saturated rings. The molecule has 1 heterocycles. The highest BCUT2D eigenvalue weighted by atomic mass is 16.5. The summed E-state index contributed by atoms with van der Waals surface area (Å²) < 4.78 is 11.7. The monoisotopic (exact) mass is 542 g/mol. The minimum absolute atomic E-state index is 0.0996. The van der Waals surface area contributed by atoms with Crippen molar-refractivity contribution >= 4 is 18.0 Å². The van der Waals surface area contributed by atoms with E-state index in [-0.39, 0.29) is 31.6 Å². The molecule has 2 unspecified atom stereocenters. The summed E-state index contributed by atoms with van der Waals surface area (Å²) in [6.07, 6.45) is -0.302. The number of carboxylic acids is 1. The van der Waals surface area contributed by atoms with E-state index in [0.717, 1.165) is 27.8 Å². The Morgan fingerprint density at radius 2 is 1.57 bits per heavy atom. The third kappa shape index (κ3) is 6.02. The van der Waals surface area contributed by atoms with Gasteiger partial charge >= 0.3 is 12.1 Å². The van der Waals surface area contributed by atoms with Gasteiger partial charge in [-0.2, -0.15) is 0 Å². The van der Waals surface area contributed by atoms with Crippen molar-refractivity contribution in [3.8, 4) is 11.1 Å². The molecule has 1 aliphatic carbocycles. The summed E-state index contributed by atoms with van der Waals surface area (Å²) in [5.74, 6) is -2.04. The number of hydrogen-bond donors (Lipinski definition) is 2. The number of carbonyl (C=O) groups is 3. The van der Waals surface area contributed by atoms with Gasteiger partial charge in [0.05, 0.1) is 18.6 Å². The lowest BCUT2D eigenvalue weighted by atomic mass is 9.97. The average Bonchev–Trinajstić information content (AvgIpc) is 3.31. The number of piperidine rings is 1. The summed E-state index contributed by atoms with van der Waals surface area (Å²) in [7, 11) is 0. The third-order valence-corrected chi connectivity index (χ3v) is 7.79. The fraction of sp³-hybridized carbons (Fsp3) is 0.344. The van der Waals surface area contributed by atoms with Crippen LogP contribution in [0.2, 0.25) is 0 Å². The Bertz CT molecular complexity index is 1310. The number of rotatable bonds is 9. The van der Waals surface area contributed by atoms with Crippen LogP contribution >= 0.6 is 0 Å². The first-order valence-electron chi connectivity index (χ1n) is 13.7. The van der Waals surface area contributed by atoms with Crippen molar-refractivity contribution in [2.75, 3.05) is 19.7 Å². The molecule has 0 aromatic heterocycles. The van der Waals surface area contributed by atoms with Crippen LogP contribution < -0.4 is 5.32 Å². The van der Waals surface area contributed by atoms with E-state index in [0.29, 0.717) is 19.4 Å². The summed E-state index contributed by atoms with van der Waals surface area (Å²) in [4.78, 5) is 39.9. The first-order chi connectivity index (χ1) is 19.4. The van der Waals surface area contributed by atoms with Crippen LogP contribution in [0.3, 0.4) is 0 Å². The number of amides is 2. The average molecular weight is 543 g/mol. The van der Waals surface area contributed by atoms with Crippen LogP contribution in [-0.2, 0) is 25.7 Å². The van der Waals surface area contributed by atoms with Gasteiger partial charge in [-0.3, -0.25) is 9.59 Å². The van der Waals surface area contributed by atoms with E-state index in [1.165, 1.54) is 4.90 Å². The standard InChI is InChI=1S/C32H34N2O6/c1-21(39-19-22-10-3-2-4-11-22)29(30(35)34-17-9-12-23(18-34)31(36)37)33-32(38)40-20-28-26-15-7-5-13-24(26)25-14-6-8-16-27(25)28/h2-8,10-11,13-16,21,23,28-29H,9,12,17-20H2,1H3,(H,33,38)(H,36,37)/t21?,23-,29?/m0/s1. The second-order valence-corrected chi connectivity index (χ2v) is 10.4. The van der Waals surface area contributed by atoms with Gasteiger partial charge in [0.15, 0.2) is 0 Å². The van der Waals surface area contributed by atoms with Gasteiger partial charge in [-0.25, -0.2) is 4.79 Å². The van der Waals surface area contributed by atoms with Crippen molar-refractivity contribution in [2.45, 2.75) is 44.4 Å². The summed E-state index contributed by atoms with van der Waals surface area (Å²) in [6.45, 7) is 2.63. The maximum absolute atomic E-state index is 13.6. The Morgan fingerprint density at radius 3 is 2.23 bits per heavy atom. The van der Waals surface area contributed by atoms with Gasteiger partial charge in [-0.1, -0.05) is 78.9 Å². The Kier molecular flexibility index (Phi) is 8.45. The number of nitrogens with one attached hydrogen (secondary N) is 1. The number of ether oxygens (including phenoxy) is 2. The summed E-state index contributed by atoms with van der Waals surface area (Å²) in [6, 6.07) is 24.7. The van der Waals surface area contributed by atoms with E-state index in [1.807, 2.05) is 66.7 Å². The third-order valence-electron chi connectivity index (χ3n) is 7.79. The second kappa shape index (κ2) is 12.3. The molecule has 3 atom stereocenters. The highest BCUT2D eigenvalue weighted by Gasteiger charge is 2.36. The molecular formula is C32H34N2O6. The molecule has 3 aromatic carbocycles. The van der Waals surface area contributed by atoms with Crippen LogP contribution in [0, 0.1) is 5.92 Å². The molecule has 1 aliphatic heterocycles. The molecule has 208 valence electrons. The molecule has 0 radical (unpaired) electrons. The fourth-order valence-corrected chi connectivity index (χ4v) is 5.62. The van der Waals surface area contributed by atoms with Crippen LogP contribution in [0.5, 0.6) is 0 Å². The molecule has 8 heteroatoms. The van der Waals surface area contributed by atoms with E-state index in [4.69, 9.17) is 9.47 Å². The largest absolute Gasteiger partial charge is 0.481 e. The highest BCUT2D eigenvalue weighted by Crippen LogP contribution is 2.44. The lowest BCUT2D eigenvalue weighted by Crippen LogP contribution is -2.56. The molecule has 5 rings (SSSR count). The van der Waals surface area contributed by atoms with E-state index in [9.17, 15) is 19.5 Å². The lowest BCUT2D eigenvalue weighted by Gasteiger charge is -2.35. The maximum atomic E-state index is 13.6. The van der Waals surface area contributed by atoms with E-state index in [2.05, 4.69) is 17.4 Å². The summed E-state index contributed by atoms with van der Waals surface area (Å²) >= 11 is 0. The van der Waals surface area contributed by atoms with Gasteiger partial charge in [0, 0.05) is 19.0 Å². The van der Waals surface area contributed by atoms with Gasteiger partial charge in [-0.15, -0.1) is 0 Å². The van der Waals surface area contributed by atoms with Crippen LogP contribution in [0.4, 0.5) is 4.79 Å². The van der Waals surface area contributed by atoms with Crippen LogP contribution in [-0.4, -0.2) is 59.8 Å². The molecule has 0 saturated carbocycles.